The summed E-state index contributed by atoms with van der Waals surface area (Å²) in [6.45, 7) is 6.89. The lowest BCUT2D eigenvalue weighted by molar-refractivity contribution is 0.181. The molecule has 0 heterocycles. The predicted octanol–water partition coefficient (Wildman–Crippen LogP) is 3.03. The fraction of sp³-hybridized carbons (Fsp3) is 1.00. The highest BCUT2D eigenvalue weighted by atomic mass is 15.2. The SMILES string of the molecule is CCCCN(C)C1CCCCCC1NCC. The van der Waals surface area contributed by atoms with Crippen LogP contribution in [-0.2, 0) is 0 Å². The Morgan fingerprint density at radius 2 is 1.88 bits per heavy atom. The van der Waals surface area contributed by atoms with Crippen LogP contribution in [0.4, 0.5) is 0 Å². The lowest BCUT2D eigenvalue weighted by Crippen LogP contribution is -2.48. The Balaban J connectivity index is 2.48. The standard InChI is InChI=1S/C14H30N2/c1-4-6-12-16(3)14-11-9-7-8-10-13(14)15-5-2/h13-15H,4-12H2,1-3H3. The van der Waals surface area contributed by atoms with E-state index in [4.69, 9.17) is 0 Å². The first-order valence-corrected chi connectivity index (χ1v) is 7.23. The Kier molecular flexibility index (Phi) is 7.06. The number of nitrogens with one attached hydrogen (secondary N) is 1. The third-order valence-corrected chi connectivity index (χ3v) is 3.88. The van der Waals surface area contributed by atoms with Gasteiger partial charge in [-0.05, 0) is 39.4 Å². The van der Waals surface area contributed by atoms with Gasteiger partial charge in [0.1, 0.15) is 0 Å². The summed E-state index contributed by atoms with van der Waals surface area (Å²) in [6, 6.07) is 1.50. The molecule has 0 radical (unpaired) electrons. The average molecular weight is 226 g/mol. The van der Waals surface area contributed by atoms with Gasteiger partial charge in [0.05, 0.1) is 0 Å². The van der Waals surface area contributed by atoms with Crippen molar-refractivity contribution in [2.24, 2.45) is 0 Å². The van der Waals surface area contributed by atoms with Crippen LogP contribution in [0.15, 0.2) is 0 Å². The van der Waals surface area contributed by atoms with Crippen LogP contribution < -0.4 is 5.32 Å². The van der Waals surface area contributed by atoms with E-state index in [0.29, 0.717) is 0 Å². The van der Waals surface area contributed by atoms with Crippen LogP contribution in [-0.4, -0.2) is 37.1 Å². The zero-order valence-corrected chi connectivity index (χ0v) is 11.5. The molecule has 0 aromatic rings. The van der Waals surface area contributed by atoms with Crippen molar-refractivity contribution in [1.29, 1.82) is 0 Å². The number of hydrogen-bond acceptors (Lipinski definition) is 2. The van der Waals surface area contributed by atoms with E-state index in [-0.39, 0.29) is 0 Å². The Hall–Kier alpha value is -0.0800. The van der Waals surface area contributed by atoms with Gasteiger partial charge in [0.25, 0.3) is 0 Å². The van der Waals surface area contributed by atoms with E-state index >= 15 is 0 Å². The first kappa shape index (κ1) is 14.0. The first-order valence-electron chi connectivity index (χ1n) is 7.23. The molecule has 2 atom stereocenters. The van der Waals surface area contributed by atoms with Crippen LogP contribution in [0.25, 0.3) is 0 Å². The molecule has 1 saturated carbocycles. The largest absolute Gasteiger partial charge is 0.313 e. The van der Waals surface area contributed by atoms with E-state index in [2.05, 4.69) is 31.1 Å². The lowest BCUT2D eigenvalue weighted by atomic mass is 10.0. The summed E-state index contributed by atoms with van der Waals surface area (Å²) in [7, 11) is 2.32. The summed E-state index contributed by atoms with van der Waals surface area (Å²) < 4.78 is 0. The highest BCUT2D eigenvalue weighted by Gasteiger charge is 2.25. The van der Waals surface area contributed by atoms with Crippen LogP contribution in [0.5, 0.6) is 0 Å². The molecule has 1 aliphatic carbocycles. The third kappa shape index (κ3) is 4.42. The smallest absolute Gasteiger partial charge is 0.0246 e. The topological polar surface area (TPSA) is 15.3 Å². The van der Waals surface area contributed by atoms with Gasteiger partial charge in [-0.2, -0.15) is 0 Å². The Labute approximate surface area is 102 Å². The highest BCUT2D eigenvalue weighted by molar-refractivity contribution is 4.85. The molecular formula is C14H30N2. The van der Waals surface area contributed by atoms with Gasteiger partial charge in [0.15, 0.2) is 0 Å². The summed E-state index contributed by atoms with van der Waals surface area (Å²) in [5, 5.41) is 3.69. The van der Waals surface area contributed by atoms with E-state index in [1.54, 1.807) is 0 Å². The maximum atomic E-state index is 3.69. The van der Waals surface area contributed by atoms with E-state index in [1.165, 1.54) is 51.5 Å². The summed E-state index contributed by atoms with van der Waals surface area (Å²) in [4.78, 5) is 2.60. The molecule has 1 fully saturated rings. The van der Waals surface area contributed by atoms with E-state index in [0.717, 1.165) is 18.6 Å². The number of rotatable bonds is 6. The van der Waals surface area contributed by atoms with Crippen molar-refractivity contribution in [2.75, 3.05) is 20.1 Å². The molecule has 0 aromatic carbocycles. The Bertz CT molecular complexity index is 170. The normalized spacial score (nSPS) is 27.0. The summed E-state index contributed by atoms with van der Waals surface area (Å²) in [5.41, 5.74) is 0. The maximum absolute atomic E-state index is 3.69. The quantitative estimate of drug-likeness (QED) is 0.700. The molecule has 0 saturated heterocycles. The van der Waals surface area contributed by atoms with Gasteiger partial charge in [-0.15, -0.1) is 0 Å². The van der Waals surface area contributed by atoms with E-state index in [1.807, 2.05) is 0 Å². The number of nitrogens with zero attached hydrogens (tertiary/aromatic N) is 1. The molecule has 2 nitrogen and oxygen atoms in total. The van der Waals surface area contributed by atoms with Crippen molar-refractivity contribution < 1.29 is 0 Å². The zero-order chi connectivity index (χ0) is 11.8. The van der Waals surface area contributed by atoms with Crippen LogP contribution >= 0.6 is 0 Å². The first-order chi connectivity index (χ1) is 7.79. The van der Waals surface area contributed by atoms with Crippen molar-refractivity contribution in [3.63, 3.8) is 0 Å². The molecule has 0 spiro atoms. The number of hydrogen-bond donors (Lipinski definition) is 1. The highest BCUT2D eigenvalue weighted by Crippen LogP contribution is 2.22. The third-order valence-electron chi connectivity index (χ3n) is 3.88. The van der Waals surface area contributed by atoms with Crippen molar-refractivity contribution in [3.8, 4) is 0 Å². The maximum Gasteiger partial charge on any atom is 0.0246 e. The van der Waals surface area contributed by atoms with Gasteiger partial charge < -0.3 is 10.2 Å². The molecule has 0 amide bonds. The second-order valence-corrected chi connectivity index (χ2v) is 5.20. The van der Waals surface area contributed by atoms with Gasteiger partial charge >= 0.3 is 0 Å². The minimum Gasteiger partial charge on any atom is -0.313 e. The molecule has 2 unspecified atom stereocenters. The predicted molar refractivity (Wildman–Crippen MR) is 71.9 cm³/mol. The molecule has 0 bridgehead atoms. The molecule has 1 aliphatic rings. The minimum absolute atomic E-state index is 0.731. The molecule has 1 rings (SSSR count). The van der Waals surface area contributed by atoms with E-state index in [9.17, 15) is 0 Å². The van der Waals surface area contributed by atoms with Crippen molar-refractivity contribution in [2.45, 2.75) is 70.9 Å². The van der Waals surface area contributed by atoms with Crippen LogP contribution in [0.2, 0.25) is 0 Å². The average Bonchev–Trinajstić information content (AvgIpc) is 2.52. The molecule has 0 aromatic heterocycles. The van der Waals surface area contributed by atoms with Crippen LogP contribution in [0, 0.1) is 0 Å². The number of likely N-dealkylation sites (N-methyl/N-ethyl adjacent to an activating group) is 2. The van der Waals surface area contributed by atoms with E-state index < -0.39 is 0 Å². The summed E-state index contributed by atoms with van der Waals surface area (Å²) >= 11 is 0. The Morgan fingerprint density at radius 3 is 2.56 bits per heavy atom. The molecule has 16 heavy (non-hydrogen) atoms. The van der Waals surface area contributed by atoms with Gasteiger partial charge in [0.2, 0.25) is 0 Å². The van der Waals surface area contributed by atoms with Gasteiger partial charge in [0, 0.05) is 12.1 Å². The monoisotopic (exact) mass is 226 g/mol. The minimum atomic E-state index is 0.731. The Morgan fingerprint density at radius 1 is 1.12 bits per heavy atom. The molecule has 2 heteroatoms. The second-order valence-electron chi connectivity index (χ2n) is 5.20. The fourth-order valence-electron chi connectivity index (χ4n) is 2.89. The van der Waals surface area contributed by atoms with Crippen molar-refractivity contribution in [3.05, 3.63) is 0 Å². The van der Waals surface area contributed by atoms with Crippen molar-refractivity contribution >= 4 is 0 Å². The molecule has 1 N–H and O–H groups in total. The van der Waals surface area contributed by atoms with Crippen LogP contribution in [0.3, 0.4) is 0 Å². The summed E-state index contributed by atoms with van der Waals surface area (Å²) in [6.07, 6.45) is 9.67. The fourth-order valence-corrected chi connectivity index (χ4v) is 2.89. The zero-order valence-electron chi connectivity index (χ0n) is 11.5. The molecule has 96 valence electrons. The lowest BCUT2D eigenvalue weighted by Gasteiger charge is -2.34. The molecule has 0 aliphatic heterocycles. The second kappa shape index (κ2) is 8.08. The van der Waals surface area contributed by atoms with Crippen molar-refractivity contribution in [1.82, 2.24) is 10.2 Å². The molecular weight excluding hydrogens is 196 g/mol. The van der Waals surface area contributed by atoms with Crippen LogP contribution in [0.1, 0.15) is 58.8 Å². The number of unbranched alkanes of at least 4 members (excludes halogenated alkanes) is 1. The van der Waals surface area contributed by atoms with Gasteiger partial charge in [-0.25, -0.2) is 0 Å². The van der Waals surface area contributed by atoms with Gasteiger partial charge in [-0.1, -0.05) is 39.5 Å². The summed E-state index contributed by atoms with van der Waals surface area (Å²) in [5.74, 6) is 0. The van der Waals surface area contributed by atoms with Gasteiger partial charge in [-0.3, -0.25) is 0 Å².